The molecule has 0 spiro atoms. The van der Waals surface area contributed by atoms with E-state index in [4.69, 9.17) is 22.8 Å². The summed E-state index contributed by atoms with van der Waals surface area (Å²) in [7, 11) is -2.67. The normalized spacial score (nSPS) is 11.5. The van der Waals surface area contributed by atoms with Crippen molar-refractivity contribution in [2.75, 3.05) is 33.0 Å². The predicted octanol–water partition coefficient (Wildman–Crippen LogP) is 7.13. The van der Waals surface area contributed by atoms with Crippen molar-refractivity contribution in [3.63, 3.8) is 0 Å². The third-order valence-corrected chi connectivity index (χ3v) is 8.44. The third-order valence-electron chi connectivity index (χ3n) is 5.29. The first kappa shape index (κ1) is 27.4. The maximum Gasteiger partial charge on any atom is 0.501 e. The second kappa shape index (κ2) is 15.9. The highest BCUT2D eigenvalue weighted by Gasteiger charge is 2.39. The first-order valence-electron chi connectivity index (χ1n) is 12.6. The average Bonchev–Trinajstić information content (AvgIpc) is 2.83. The minimum atomic E-state index is -2.67. The molecule has 6 heteroatoms. The largest absolute Gasteiger partial charge is 0.501 e. The molecular formula is C27H42O5Si. The highest BCUT2D eigenvalue weighted by Crippen LogP contribution is 2.38. The van der Waals surface area contributed by atoms with Crippen molar-refractivity contribution < 1.29 is 22.8 Å². The lowest BCUT2D eigenvalue weighted by atomic mass is 10.0. The van der Waals surface area contributed by atoms with Gasteiger partial charge in [0.25, 0.3) is 0 Å². The van der Waals surface area contributed by atoms with Gasteiger partial charge in [0.1, 0.15) is 0 Å². The Labute approximate surface area is 201 Å². The van der Waals surface area contributed by atoms with Crippen molar-refractivity contribution in [1.29, 1.82) is 0 Å². The van der Waals surface area contributed by atoms with E-state index in [1.807, 2.05) is 51.1 Å². The van der Waals surface area contributed by atoms with Gasteiger partial charge in [0.05, 0.1) is 13.2 Å². The summed E-state index contributed by atoms with van der Waals surface area (Å²) in [4.78, 5) is 0. The highest BCUT2D eigenvalue weighted by atomic mass is 28.4. The molecule has 0 atom stereocenters. The molecule has 0 fully saturated rings. The van der Waals surface area contributed by atoms with Crippen molar-refractivity contribution in [2.24, 2.45) is 0 Å². The molecule has 0 saturated carbocycles. The maximum absolute atomic E-state index is 6.36. The molecule has 0 N–H and O–H groups in total. The first-order valence-corrected chi connectivity index (χ1v) is 14.5. The monoisotopic (exact) mass is 474 g/mol. The van der Waals surface area contributed by atoms with Gasteiger partial charge < -0.3 is 22.8 Å². The molecule has 0 amide bonds. The minimum Gasteiger partial charge on any atom is -0.490 e. The smallest absolute Gasteiger partial charge is 0.490 e. The van der Waals surface area contributed by atoms with Crippen molar-refractivity contribution in [3.05, 3.63) is 48.5 Å². The van der Waals surface area contributed by atoms with Crippen molar-refractivity contribution in [3.8, 4) is 22.6 Å². The Bertz CT molecular complexity index is 751. The fraction of sp³-hybridized carbons (Fsp3) is 0.556. The Morgan fingerprint density at radius 3 is 1.94 bits per heavy atom. The van der Waals surface area contributed by atoms with E-state index < -0.39 is 8.80 Å². The van der Waals surface area contributed by atoms with Crippen LogP contribution in [0.2, 0.25) is 6.04 Å². The van der Waals surface area contributed by atoms with Gasteiger partial charge in [-0.3, -0.25) is 0 Å². The summed E-state index contributed by atoms with van der Waals surface area (Å²) in [6, 6.07) is 17.2. The first-order chi connectivity index (χ1) is 16.2. The second-order valence-corrected chi connectivity index (χ2v) is 10.6. The van der Waals surface area contributed by atoms with E-state index in [1.165, 1.54) is 19.3 Å². The van der Waals surface area contributed by atoms with Crippen LogP contribution in [0.3, 0.4) is 0 Å². The van der Waals surface area contributed by atoms with E-state index in [-0.39, 0.29) is 0 Å². The summed E-state index contributed by atoms with van der Waals surface area (Å²) in [5, 5.41) is 0. The molecular weight excluding hydrogens is 432 g/mol. The van der Waals surface area contributed by atoms with Crippen LogP contribution in [-0.2, 0) is 13.3 Å². The number of ether oxygens (including phenoxy) is 2. The van der Waals surface area contributed by atoms with Gasteiger partial charge in [-0.1, -0.05) is 68.7 Å². The maximum atomic E-state index is 6.36. The fourth-order valence-corrected chi connectivity index (χ4v) is 6.38. The summed E-state index contributed by atoms with van der Waals surface area (Å²) in [6.07, 6.45) is 5.47. The molecule has 0 bridgehead atoms. The van der Waals surface area contributed by atoms with Crippen molar-refractivity contribution >= 4 is 8.80 Å². The molecule has 0 aliphatic carbocycles. The number of para-hydroxylation sites is 1. The number of unbranched alkanes of at least 4 members (excludes halogenated alkanes) is 3. The Hall–Kier alpha value is -1.86. The molecule has 0 heterocycles. The summed E-state index contributed by atoms with van der Waals surface area (Å²) in [5.41, 5.74) is 2.16. The van der Waals surface area contributed by atoms with E-state index in [0.29, 0.717) is 33.0 Å². The zero-order chi connectivity index (χ0) is 23.8. The van der Waals surface area contributed by atoms with Crippen LogP contribution in [0.5, 0.6) is 11.5 Å². The van der Waals surface area contributed by atoms with Crippen LogP contribution >= 0.6 is 0 Å². The van der Waals surface area contributed by atoms with Crippen molar-refractivity contribution in [2.45, 2.75) is 65.8 Å². The van der Waals surface area contributed by atoms with Gasteiger partial charge in [-0.15, -0.1) is 0 Å². The number of hydrogen-bond donors (Lipinski definition) is 0. The molecule has 2 aromatic carbocycles. The van der Waals surface area contributed by atoms with Crippen LogP contribution < -0.4 is 9.47 Å². The zero-order valence-corrected chi connectivity index (χ0v) is 21.9. The minimum absolute atomic E-state index is 0.540. The standard InChI is InChI=1S/C27H42O5Si/c1-5-9-10-14-21-28-26-20-15-19-25(24-17-12-11-13-18-24)27(26)29-22-16-23-33(30-6-2,31-7-3)32-8-4/h11-13,15,17-20H,5-10,14,16,21-23H2,1-4H3. The molecule has 0 radical (unpaired) electrons. The highest BCUT2D eigenvalue weighted by molar-refractivity contribution is 6.60. The van der Waals surface area contributed by atoms with E-state index >= 15 is 0 Å². The van der Waals surface area contributed by atoms with E-state index in [0.717, 1.165) is 41.5 Å². The molecule has 5 nitrogen and oxygen atoms in total. The number of rotatable bonds is 18. The average molecular weight is 475 g/mol. The molecule has 184 valence electrons. The Kier molecular flexibility index (Phi) is 13.2. The van der Waals surface area contributed by atoms with Gasteiger partial charge in [-0.2, -0.15) is 0 Å². The molecule has 2 aromatic rings. The SMILES string of the molecule is CCCCCCOc1cccc(-c2ccccc2)c1OCCC[Si](OCC)(OCC)OCC. The Morgan fingerprint density at radius 2 is 1.30 bits per heavy atom. The molecule has 0 saturated heterocycles. The lowest BCUT2D eigenvalue weighted by molar-refractivity contribution is 0.0696. The van der Waals surface area contributed by atoms with Crippen LogP contribution in [-0.4, -0.2) is 41.8 Å². The Balaban J connectivity index is 2.11. The van der Waals surface area contributed by atoms with Gasteiger partial charge >= 0.3 is 8.80 Å². The lowest BCUT2D eigenvalue weighted by Gasteiger charge is -2.28. The van der Waals surface area contributed by atoms with Crippen LogP contribution in [0.25, 0.3) is 11.1 Å². The van der Waals surface area contributed by atoms with Gasteiger partial charge in [-0.25, -0.2) is 0 Å². The summed E-state index contributed by atoms with van der Waals surface area (Å²) in [5.74, 6) is 1.60. The second-order valence-electron chi connectivity index (χ2n) is 7.84. The molecule has 0 aromatic heterocycles. The topological polar surface area (TPSA) is 46.2 Å². The molecule has 0 unspecified atom stereocenters. The molecule has 2 rings (SSSR count). The van der Waals surface area contributed by atoms with E-state index in [1.54, 1.807) is 0 Å². The summed E-state index contributed by atoms with van der Waals surface area (Å²) < 4.78 is 30.5. The predicted molar refractivity (Wildman–Crippen MR) is 137 cm³/mol. The van der Waals surface area contributed by atoms with E-state index in [2.05, 4.69) is 25.1 Å². The van der Waals surface area contributed by atoms with Crippen molar-refractivity contribution in [1.82, 2.24) is 0 Å². The number of hydrogen-bond acceptors (Lipinski definition) is 5. The Morgan fingerprint density at radius 1 is 0.636 bits per heavy atom. The van der Waals surface area contributed by atoms with Gasteiger partial charge in [0, 0.05) is 31.4 Å². The van der Waals surface area contributed by atoms with Gasteiger partial charge in [0.15, 0.2) is 11.5 Å². The molecule has 33 heavy (non-hydrogen) atoms. The summed E-state index contributed by atoms with van der Waals surface area (Å²) >= 11 is 0. The zero-order valence-electron chi connectivity index (χ0n) is 20.9. The molecule has 0 aliphatic heterocycles. The van der Waals surface area contributed by atoms with Crippen LogP contribution in [0.1, 0.15) is 59.8 Å². The van der Waals surface area contributed by atoms with E-state index in [9.17, 15) is 0 Å². The lowest BCUT2D eigenvalue weighted by Crippen LogP contribution is -2.46. The summed E-state index contributed by atoms with van der Waals surface area (Å²) in [6.45, 7) is 11.2. The van der Waals surface area contributed by atoms with Crippen LogP contribution in [0, 0.1) is 0 Å². The van der Waals surface area contributed by atoms with Gasteiger partial charge in [0.2, 0.25) is 0 Å². The van der Waals surface area contributed by atoms with Crippen LogP contribution in [0.4, 0.5) is 0 Å². The van der Waals surface area contributed by atoms with Gasteiger partial charge in [-0.05, 0) is 45.2 Å². The van der Waals surface area contributed by atoms with Crippen LogP contribution in [0.15, 0.2) is 48.5 Å². The number of benzene rings is 2. The molecule has 0 aliphatic rings. The third kappa shape index (κ3) is 9.12. The fourth-order valence-electron chi connectivity index (χ4n) is 3.80. The quantitative estimate of drug-likeness (QED) is 0.170.